The molecule has 0 saturated carbocycles. The van der Waals surface area contributed by atoms with E-state index in [9.17, 15) is 8.42 Å². The largest absolute Gasteiger partial charge is 0.494 e. The Morgan fingerprint density at radius 3 is 2.50 bits per heavy atom. The first-order chi connectivity index (χ1) is 22.0. The zero-order valence-corrected chi connectivity index (χ0v) is 29.7. The van der Waals surface area contributed by atoms with Crippen LogP contribution in [0.5, 0.6) is 11.5 Å². The van der Waals surface area contributed by atoms with Crippen LogP contribution in [-0.4, -0.2) is 108 Å². The number of benzene rings is 2. The van der Waals surface area contributed by atoms with Crippen LogP contribution in [0.2, 0.25) is 5.02 Å². The molecule has 0 bridgehead atoms. The highest BCUT2D eigenvalue weighted by molar-refractivity contribution is 9.10. The molecule has 15 heteroatoms. The van der Waals surface area contributed by atoms with E-state index in [-0.39, 0.29) is 0 Å². The molecule has 3 aliphatic heterocycles. The van der Waals surface area contributed by atoms with Crippen molar-refractivity contribution in [2.45, 2.75) is 25.3 Å². The summed E-state index contributed by atoms with van der Waals surface area (Å²) in [5, 5.41) is 7.14. The predicted molar refractivity (Wildman–Crippen MR) is 187 cm³/mol. The van der Waals surface area contributed by atoms with E-state index in [1.54, 1.807) is 19.4 Å². The summed E-state index contributed by atoms with van der Waals surface area (Å²) in [6.45, 7) is 6.93. The van der Waals surface area contributed by atoms with Gasteiger partial charge in [0.05, 0.1) is 52.2 Å². The van der Waals surface area contributed by atoms with E-state index in [1.807, 2.05) is 18.2 Å². The fourth-order valence-corrected chi connectivity index (χ4v) is 7.31. The number of nitrogens with zero attached hydrogens (tertiary/aromatic N) is 6. The Bertz CT molecular complexity index is 1700. The number of piperazine rings is 1. The standard InChI is InChI=1S/C31H40BrClN8O4S/c1-38-10-12-40(13-11-38)21-5-8-41(9-6-21)26-18-29(44-3)25(16-23(26)33)36-31-34-19-22(32)30(37-31)35-24-17-28-20(7-14-45-28)15-27(24)39(2)46(4,42)43/h15-19,21H,5-14H2,1-4H3,(H2,34,35,36,37). The van der Waals surface area contributed by atoms with Gasteiger partial charge in [0, 0.05) is 77.1 Å². The second-order valence-corrected chi connectivity index (χ2v) is 15.3. The minimum absolute atomic E-state index is 0.302. The lowest BCUT2D eigenvalue weighted by molar-refractivity contribution is 0.0982. The number of nitrogens with one attached hydrogen (secondary N) is 2. The molecule has 0 aliphatic carbocycles. The second kappa shape index (κ2) is 13.6. The van der Waals surface area contributed by atoms with Crippen LogP contribution in [-0.2, 0) is 16.4 Å². The Morgan fingerprint density at radius 2 is 1.80 bits per heavy atom. The normalized spacial score (nSPS) is 17.8. The molecular formula is C31H40BrClN8O4S. The van der Waals surface area contributed by atoms with Crippen LogP contribution >= 0.6 is 27.5 Å². The number of hydrogen-bond donors (Lipinski definition) is 2. The number of halogens is 2. The fourth-order valence-electron chi connectivity index (χ4n) is 6.23. The quantitative estimate of drug-likeness (QED) is 0.312. The Kier molecular flexibility index (Phi) is 9.72. The maximum absolute atomic E-state index is 12.5. The molecule has 3 aliphatic rings. The highest BCUT2D eigenvalue weighted by Crippen LogP contribution is 2.41. The highest BCUT2D eigenvalue weighted by atomic mass is 79.9. The van der Waals surface area contributed by atoms with Crippen molar-refractivity contribution >= 4 is 72.1 Å². The minimum Gasteiger partial charge on any atom is -0.494 e. The molecule has 2 N–H and O–H groups in total. The van der Waals surface area contributed by atoms with Gasteiger partial charge in [-0.05, 0) is 53.5 Å². The molecule has 2 fully saturated rings. The third-order valence-electron chi connectivity index (χ3n) is 9.02. The van der Waals surface area contributed by atoms with Gasteiger partial charge in [-0.3, -0.25) is 9.21 Å². The number of fused-ring (bicyclic) bond motifs is 1. The topological polar surface area (TPSA) is 115 Å². The van der Waals surface area contributed by atoms with E-state index in [4.69, 9.17) is 21.1 Å². The summed E-state index contributed by atoms with van der Waals surface area (Å²) in [5.41, 5.74) is 3.54. The minimum atomic E-state index is -3.52. The summed E-state index contributed by atoms with van der Waals surface area (Å²) in [4.78, 5) is 16.5. The Morgan fingerprint density at radius 1 is 1.07 bits per heavy atom. The molecule has 4 heterocycles. The molecular weight excluding hydrogens is 696 g/mol. The van der Waals surface area contributed by atoms with E-state index >= 15 is 0 Å². The van der Waals surface area contributed by atoms with Crippen LogP contribution in [0.3, 0.4) is 0 Å². The summed E-state index contributed by atoms with van der Waals surface area (Å²) >= 11 is 10.4. The third-order valence-corrected chi connectivity index (χ3v) is 11.1. The molecule has 1 aromatic heterocycles. The molecule has 248 valence electrons. The monoisotopic (exact) mass is 734 g/mol. The fraction of sp³-hybridized carbons (Fsp3) is 0.484. The lowest BCUT2D eigenvalue weighted by atomic mass is 10.0. The first kappa shape index (κ1) is 32.9. The van der Waals surface area contributed by atoms with Crippen LogP contribution in [0.25, 0.3) is 0 Å². The molecule has 0 unspecified atom stereocenters. The van der Waals surface area contributed by atoms with Gasteiger partial charge in [-0.15, -0.1) is 0 Å². The van der Waals surface area contributed by atoms with E-state index in [0.29, 0.717) is 68.9 Å². The molecule has 0 spiro atoms. The molecule has 0 atom stereocenters. The van der Waals surface area contributed by atoms with Crippen LogP contribution in [0.15, 0.2) is 34.9 Å². The summed E-state index contributed by atoms with van der Waals surface area (Å²) in [6, 6.07) is 8.06. The Labute approximate surface area is 284 Å². The predicted octanol–water partition coefficient (Wildman–Crippen LogP) is 4.94. The van der Waals surface area contributed by atoms with Gasteiger partial charge in [0.2, 0.25) is 16.0 Å². The lowest BCUT2D eigenvalue weighted by Crippen LogP contribution is -2.52. The molecule has 2 aromatic carbocycles. The molecule has 0 radical (unpaired) electrons. The molecule has 46 heavy (non-hydrogen) atoms. The third kappa shape index (κ3) is 7.10. The Balaban J connectivity index is 1.20. The van der Waals surface area contributed by atoms with E-state index in [2.05, 4.69) is 58.3 Å². The van der Waals surface area contributed by atoms with Crippen molar-refractivity contribution < 1.29 is 17.9 Å². The molecule has 12 nitrogen and oxygen atoms in total. The van der Waals surface area contributed by atoms with E-state index in [0.717, 1.165) is 63.4 Å². The van der Waals surface area contributed by atoms with Crippen molar-refractivity contribution in [2.75, 3.05) is 93.2 Å². The zero-order chi connectivity index (χ0) is 32.6. The SMILES string of the molecule is COc1cc(N2CCC(N3CCN(C)CC3)CC2)c(Cl)cc1Nc1ncc(Br)c(Nc2cc3c(cc2N(C)S(C)(=O)=O)CCO3)n1. The maximum Gasteiger partial charge on any atom is 0.232 e. The number of ether oxygens (including phenoxy) is 2. The van der Waals surface area contributed by atoms with E-state index in [1.165, 1.54) is 17.6 Å². The number of methoxy groups -OCH3 is 1. The number of aromatic nitrogens is 2. The Hall–Kier alpha value is -3.04. The molecule has 0 amide bonds. The number of anilines is 6. The van der Waals surface area contributed by atoms with Gasteiger partial charge in [0.15, 0.2) is 0 Å². The number of piperidine rings is 1. The van der Waals surface area contributed by atoms with Crippen LogP contribution in [0, 0.1) is 0 Å². The van der Waals surface area contributed by atoms with Crippen molar-refractivity contribution in [1.82, 2.24) is 19.8 Å². The van der Waals surface area contributed by atoms with Crippen LogP contribution < -0.4 is 29.3 Å². The van der Waals surface area contributed by atoms with Crippen LogP contribution in [0.4, 0.5) is 34.5 Å². The van der Waals surface area contributed by atoms with Crippen molar-refractivity contribution in [1.29, 1.82) is 0 Å². The molecule has 2 saturated heterocycles. The molecule has 6 rings (SSSR count). The van der Waals surface area contributed by atoms with Gasteiger partial charge >= 0.3 is 0 Å². The van der Waals surface area contributed by atoms with Gasteiger partial charge in [-0.25, -0.2) is 13.4 Å². The first-order valence-corrected chi connectivity index (χ1v) is 18.4. The lowest BCUT2D eigenvalue weighted by Gasteiger charge is -2.42. The summed E-state index contributed by atoms with van der Waals surface area (Å²) in [6.07, 6.45) is 5.70. The van der Waals surface area contributed by atoms with Gasteiger partial charge in [0.1, 0.15) is 17.3 Å². The summed E-state index contributed by atoms with van der Waals surface area (Å²) < 4.78 is 38.3. The average Bonchev–Trinajstić information content (AvgIpc) is 3.50. The maximum atomic E-state index is 12.5. The summed E-state index contributed by atoms with van der Waals surface area (Å²) in [5.74, 6) is 2.06. The number of rotatable bonds is 9. The smallest absolute Gasteiger partial charge is 0.232 e. The number of hydrogen-bond acceptors (Lipinski definition) is 11. The molecule has 3 aromatic rings. The van der Waals surface area contributed by atoms with Gasteiger partial charge in [0.25, 0.3) is 0 Å². The zero-order valence-electron chi connectivity index (χ0n) is 26.5. The van der Waals surface area contributed by atoms with Crippen molar-refractivity contribution in [3.63, 3.8) is 0 Å². The van der Waals surface area contributed by atoms with Crippen molar-refractivity contribution in [3.8, 4) is 11.5 Å². The van der Waals surface area contributed by atoms with Gasteiger partial charge in [-0.2, -0.15) is 4.98 Å². The van der Waals surface area contributed by atoms with Crippen molar-refractivity contribution in [2.24, 2.45) is 0 Å². The number of sulfonamides is 1. The van der Waals surface area contributed by atoms with Gasteiger partial charge in [-0.1, -0.05) is 11.6 Å². The average molecular weight is 736 g/mol. The van der Waals surface area contributed by atoms with Gasteiger partial charge < -0.3 is 29.9 Å². The highest BCUT2D eigenvalue weighted by Gasteiger charge is 2.28. The van der Waals surface area contributed by atoms with Crippen LogP contribution in [0.1, 0.15) is 18.4 Å². The summed E-state index contributed by atoms with van der Waals surface area (Å²) in [7, 11) is 1.82. The first-order valence-electron chi connectivity index (χ1n) is 15.4. The second-order valence-electron chi connectivity index (χ2n) is 12.0. The number of likely N-dealkylation sites (N-methyl/N-ethyl adjacent to an activating group) is 1. The van der Waals surface area contributed by atoms with Crippen molar-refractivity contribution in [3.05, 3.63) is 45.5 Å². The van der Waals surface area contributed by atoms with E-state index < -0.39 is 10.0 Å².